The summed E-state index contributed by atoms with van der Waals surface area (Å²) in [5.41, 5.74) is 3.08. The van der Waals surface area contributed by atoms with Crippen molar-refractivity contribution < 1.29 is 23.8 Å². The molecule has 3 atom stereocenters. The molecule has 0 aromatic heterocycles. The van der Waals surface area contributed by atoms with E-state index in [2.05, 4.69) is 31.4 Å². The van der Waals surface area contributed by atoms with E-state index >= 15 is 0 Å². The van der Waals surface area contributed by atoms with Crippen molar-refractivity contribution in [3.63, 3.8) is 0 Å². The SMILES string of the molecule is CCCN(CCC)C(=O)c1cccc(C(=O)NC(Cc2ccccc2)P(=O)(O)CC(C)C(=O)Nc2ccc(C(C)(C)C)cc2)c1. The number of carbonyl (C=O) groups excluding carboxylic acids is 3. The van der Waals surface area contributed by atoms with Crippen LogP contribution in [0.1, 0.15) is 86.2 Å². The minimum atomic E-state index is -4.12. The molecule has 3 aromatic carbocycles. The predicted molar refractivity (Wildman–Crippen MR) is 182 cm³/mol. The highest BCUT2D eigenvalue weighted by molar-refractivity contribution is 7.58. The summed E-state index contributed by atoms with van der Waals surface area (Å²) in [6, 6.07) is 23.1. The first-order valence-electron chi connectivity index (χ1n) is 15.7. The number of nitrogens with one attached hydrogen (secondary N) is 2. The van der Waals surface area contributed by atoms with E-state index in [0.29, 0.717) is 24.3 Å². The lowest BCUT2D eigenvalue weighted by Crippen LogP contribution is -2.38. The second kappa shape index (κ2) is 16.0. The Morgan fingerprint density at radius 3 is 2.04 bits per heavy atom. The van der Waals surface area contributed by atoms with E-state index in [0.717, 1.165) is 24.0 Å². The lowest BCUT2D eigenvalue weighted by molar-refractivity contribution is -0.118. The summed E-state index contributed by atoms with van der Waals surface area (Å²) in [4.78, 5) is 52.9. The van der Waals surface area contributed by atoms with Crippen molar-refractivity contribution in [2.75, 3.05) is 24.6 Å². The largest absolute Gasteiger partial charge is 0.343 e. The smallest absolute Gasteiger partial charge is 0.253 e. The van der Waals surface area contributed by atoms with Crippen LogP contribution in [-0.2, 0) is 21.2 Å². The van der Waals surface area contributed by atoms with Crippen molar-refractivity contribution in [2.45, 2.75) is 72.0 Å². The van der Waals surface area contributed by atoms with Crippen LogP contribution in [-0.4, -0.2) is 52.5 Å². The van der Waals surface area contributed by atoms with Crippen molar-refractivity contribution >= 4 is 30.8 Å². The summed E-state index contributed by atoms with van der Waals surface area (Å²) in [6.45, 7) is 13.2. The van der Waals surface area contributed by atoms with Crippen molar-refractivity contribution in [3.05, 3.63) is 101 Å². The Hall–Kier alpha value is -3.74. The van der Waals surface area contributed by atoms with E-state index in [1.165, 1.54) is 6.07 Å². The van der Waals surface area contributed by atoms with Gasteiger partial charge in [-0.25, -0.2) is 0 Å². The number of hydrogen-bond donors (Lipinski definition) is 3. The summed E-state index contributed by atoms with van der Waals surface area (Å²) in [7, 11) is -4.12. The van der Waals surface area contributed by atoms with Gasteiger partial charge in [0.2, 0.25) is 13.3 Å². The first kappa shape index (κ1) is 35.7. The Morgan fingerprint density at radius 2 is 1.47 bits per heavy atom. The van der Waals surface area contributed by atoms with E-state index in [-0.39, 0.29) is 35.4 Å². The second-order valence-electron chi connectivity index (χ2n) is 12.7. The third-order valence-electron chi connectivity index (χ3n) is 7.70. The molecule has 0 heterocycles. The molecule has 0 saturated carbocycles. The number of anilines is 1. The fourth-order valence-electron chi connectivity index (χ4n) is 5.12. The maximum atomic E-state index is 13.9. The Morgan fingerprint density at radius 1 is 0.867 bits per heavy atom. The third-order valence-corrected chi connectivity index (χ3v) is 10.1. The lowest BCUT2D eigenvalue weighted by atomic mass is 9.87. The quantitative estimate of drug-likeness (QED) is 0.164. The summed E-state index contributed by atoms with van der Waals surface area (Å²) in [5.74, 6) is -3.05. The monoisotopic (exact) mass is 633 g/mol. The van der Waals surface area contributed by atoms with Crippen LogP contribution in [0.3, 0.4) is 0 Å². The molecular formula is C36H48N3O5P. The maximum absolute atomic E-state index is 13.9. The van der Waals surface area contributed by atoms with E-state index < -0.39 is 25.0 Å². The van der Waals surface area contributed by atoms with E-state index in [9.17, 15) is 23.8 Å². The highest BCUT2D eigenvalue weighted by atomic mass is 31.2. The van der Waals surface area contributed by atoms with Gasteiger partial charge in [-0.15, -0.1) is 0 Å². The van der Waals surface area contributed by atoms with E-state index in [4.69, 9.17) is 0 Å². The van der Waals surface area contributed by atoms with E-state index in [1.54, 1.807) is 30.0 Å². The van der Waals surface area contributed by atoms with Crippen LogP contribution in [0.5, 0.6) is 0 Å². The molecule has 242 valence electrons. The number of nitrogens with zero attached hydrogens (tertiary/aromatic N) is 1. The highest BCUT2D eigenvalue weighted by Crippen LogP contribution is 2.48. The molecule has 0 aliphatic heterocycles. The van der Waals surface area contributed by atoms with E-state index in [1.807, 2.05) is 68.4 Å². The Bertz CT molecular complexity index is 1480. The average molecular weight is 634 g/mol. The number of carbonyl (C=O) groups is 3. The number of amides is 3. The van der Waals surface area contributed by atoms with Gasteiger partial charge in [-0.05, 0) is 59.7 Å². The molecule has 0 aliphatic carbocycles. The summed E-state index contributed by atoms with van der Waals surface area (Å²) < 4.78 is 13.9. The molecule has 0 spiro atoms. The second-order valence-corrected chi connectivity index (χ2v) is 15.2. The standard InChI is InChI=1S/C36H48N3O5P/c1-7-21-39(22-8-2)35(42)29-16-12-15-28(24-29)34(41)38-32(23-27-13-10-9-11-14-27)45(43,44)25-26(3)33(40)37-31-19-17-30(18-20-31)36(4,5)6/h9-20,24,26,32H,7-8,21-23,25H2,1-6H3,(H,37,40)(H,38,41)(H,43,44). The zero-order valence-corrected chi connectivity index (χ0v) is 28.3. The van der Waals surface area contributed by atoms with Crippen LogP contribution in [0, 0.1) is 5.92 Å². The minimum Gasteiger partial charge on any atom is -0.343 e. The van der Waals surface area contributed by atoms with Crippen molar-refractivity contribution in [3.8, 4) is 0 Å². The van der Waals surface area contributed by atoms with Gasteiger partial charge >= 0.3 is 0 Å². The van der Waals surface area contributed by atoms with Crippen LogP contribution in [0.15, 0.2) is 78.9 Å². The fourth-order valence-corrected chi connectivity index (χ4v) is 7.14. The molecule has 8 nitrogen and oxygen atoms in total. The number of rotatable bonds is 14. The van der Waals surface area contributed by atoms with Gasteiger partial charge in [-0.2, -0.15) is 0 Å². The topological polar surface area (TPSA) is 116 Å². The molecular weight excluding hydrogens is 585 g/mol. The molecule has 3 aromatic rings. The summed E-state index contributed by atoms with van der Waals surface area (Å²) >= 11 is 0. The van der Waals surface area contributed by atoms with Crippen LogP contribution in [0.25, 0.3) is 0 Å². The molecule has 9 heteroatoms. The van der Waals surface area contributed by atoms with Gasteiger partial charge in [0.15, 0.2) is 0 Å². The van der Waals surface area contributed by atoms with Crippen LogP contribution in [0.2, 0.25) is 0 Å². The van der Waals surface area contributed by atoms with Gasteiger partial charge in [-0.3, -0.25) is 18.9 Å². The van der Waals surface area contributed by atoms with Crippen LogP contribution >= 0.6 is 7.37 Å². The summed E-state index contributed by atoms with van der Waals surface area (Å²) in [6.07, 6.45) is 1.41. The summed E-state index contributed by atoms with van der Waals surface area (Å²) in [5, 5.41) is 5.62. The average Bonchev–Trinajstić information content (AvgIpc) is 3.00. The number of benzene rings is 3. The minimum absolute atomic E-state index is 0.0289. The number of hydrogen-bond acceptors (Lipinski definition) is 4. The molecule has 0 bridgehead atoms. The lowest BCUT2D eigenvalue weighted by Gasteiger charge is -2.27. The van der Waals surface area contributed by atoms with Gasteiger partial charge < -0.3 is 20.4 Å². The van der Waals surface area contributed by atoms with Crippen LogP contribution in [0.4, 0.5) is 5.69 Å². The highest BCUT2D eigenvalue weighted by Gasteiger charge is 2.36. The zero-order valence-electron chi connectivity index (χ0n) is 27.4. The van der Waals surface area contributed by atoms with Crippen LogP contribution < -0.4 is 10.6 Å². The Kier molecular flexibility index (Phi) is 12.7. The maximum Gasteiger partial charge on any atom is 0.253 e. The molecule has 45 heavy (non-hydrogen) atoms. The van der Waals surface area contributed by atoms with Gasteiger partial charge in [0.1, 0.15) is 5.78 Å². The molecule has 0 radical (unpaired) electrons. The normalized spacial score (nSPS) is 14.1. The Balaban J connectivity index is 1.79. The molecule has 3 amide bonds. The van der Waals surface area contributed by atoms with Gasteiger partial charge in [0.25, 0.3) is 11.8 Å². The van der Waals surface area contributed by atoms with Crippen molar-refractivity contribution in [1.29, 1.82) is 0 Å². The zero-order chi connectivity index (χ0) is 33.2. The van der Waals surface area contributed by atoms with Gasteiger partial charge in [0, 0.05) is 48.4 Å². The molecule has 3 N–H and O–H groups in total. The first-order valence-corrected chi connectivity index (χ1v) is 17.6. The third kappa shape index (κ3) is 10.4. The van der Waals surface area contributed by atoms with Gasteiger partial charge in [0.05, 0.1) is 0 Å². The van der Waals surface area contributed by atoms with Crippen molar-refractivity contribution in [2.24, 2.45) is 5.92 Å². The molecule has 3 rings (SSSR count). The fraction of sp³-hybridized carbons (Fsp3) is 0.417. The molecule has 3 unspecified atom stereocenters. The molecule has 0 aliphatic rings. The molecule has 0 saturated heterocycles. The van der Waals surface area contributed by atoms with Gasteiger partial charge in [-0.1, -0.05) is 90.1 Å². The first-order chi connectivity index (χ1) is 21.2. The Labute approximate surface area is 268 Å². The predicted octanol–water partition coefficient (Wildman–Crippen LogP) is 7.09. The molecule has 0 fully saturated rings. The van der Waals surface area contributed by atoms with Crippen molar-refractivity contribution in [1.82, 2.24) is 10.2 Å².